The second-order valence-corrected chi connectivity index (χ2v) is 11.0. The zero-order valence-electron chi connectivity index (χ0n) is 8.60. The minimum absolute atomic E-state index is 0.635. The SMILES string of the molecule is O=S(=O)(CBr)ON(OS(=O)(=O)CBr)OS(=O)(=O)CBr. The second-order valence-electron chi connectivity index (χ2n) is 2.45. The summed E-state index contributed by atoms with van der Waals surface area (Å²) in [6.45, 7) is 0. The van der Waals surface area contributed by atoms with Crippen LogP contribution in [0.1, 0.15) is 0 Å². The summed E-state index contributed by atoms with van der Waals surface area (Å²) in [5, 5.41) is -0.635. The van der Waals surface area contributed by atoms with Crippen molar-refractivity contribution in [1.82, 2.24) is 5.39 Å². The summed E-state index contributed by atoms with van der Waals surface area (Å²) in [5.41, 5.74) is 0. The van der Waals surface area contributed by atoms with E-state index in [0.717, 1.165) is 0 Å². The Kier molecular flexibility index (Phi) is 8.42. The van der Waals surface area contributed by atoms with Crippen LogP contribution in [0.3, 0.4) is 0 Å². The predicted octanol–water partition coefficient (Wildman–Crippen LogP) is 0.130. The van der Waals surface area contributed by atoms with Crippen LogP contribution in [0.2, 0.25) is 0 Å². The average molecular weight is 536 g/mol. The quantitative estimate of drug-likeness (QED) is 0.296. The lowest BCUT2D eigenvalue weighted by Gasteiger charge is -2.15. The first kappa shape index (κ1) is 20.1. The average Bonchev–Trinajstić information content (AvgIpc) is 2.27. The largest absolute Gasteiger partial charge is 0.297 e. The molecule has 0 bridgehead atoms. The molecule has 0 aromatic rings. The molecule has 0 saturated heterocycles. The van der Waals surface area contributed by atoms with E-state index in [9.17, 15) is 25.3 Å². The molecule has 0 saturated carbocycles. The monoisotopic (exact) mass is 533 g/mol. The highest BCUT2D eigenvalue weighted by Crippen LogP contribution is 2.13. The van der Waals surface area contributed by atoms with Crippen molar-refractivity contribution in [3.05, 3.63) is 0 Å². The van der Waals surface area contributed by atoms with E-state index in [1.165, 1.54) is 0 Å². The van der Waals surface area contributed by atoms with Gasteiger partial charge in [-0.15, -0.1) is 12.9 Å². The van der Waals surface area contributed by atoms with E-state index in [0.29, 0.717) is 0 Å². The molecule has 0 aliphatic carbocycles. The Hall–Kier alpha value is 1.13. The Bertz CT molecular complexity index is 496. The van der Waals surface area contributed by atoms with Gasteiger partial charge in [-0.3, -0.25) is 0 Å². The number of halogens is 3. The van der Waals surface area contributed by atoms with Gasteiger partial charge in [0.05, 0.1) is 0 Å². The molecule has 0 aliphatic heterocycles. The van der Waals surface area contributed by atoms with Crippen LogP contribution in [0.4, 0.5) is 0 Å². The van der Waals surface area contributed by atoms with Crippen LogP contribution < -0.4 is 0 Å². The van der Waals surface area contributed by atoms with E-state index in [1.807, 2.05) is 0 Å². The third kappa shape index (κ3) is 8.89. The molecule has 0 rings (SSSR count). The van der Waals surface area contributed by atoms with Crippen molar-refractivity contribution in [3.8, 4) is 0 Å². The van der Waals surface area contributed by atoms with Gasteiger partial charge in [-0.1, -0.05) is 47.8 Å². The maximum atomic E-state index is 11.1. The fourth-order valence-electron chi connectivity index (χ4n) is 0.375. The molecule has 0 aliphatic rings. The highest BCUT2D eigenvalue weighted by Gasteiger charge is 2.29. The maximum absolute atomic E-state index is 11.1. The van der Waals surface area contributed by atoms with Gasteiger partial charge in [0.25, 0.3) is 30.4 Å². The summed E-state index contributed by atoms with van der Waals surface area (Å²) in [6.07, 6.45) is 0. The first-order valence-electron chi connectivity index (χ1n) is 3.72. The molecule has 16 heteroatoms. The highest BCUT2D eigenvalue weighted by molar-refractivity contribution is 9.11. The number of hydrogen-bond acceptors (Lipinski definition) is 10. The van der Waals surface area contributed by atoms with Crippen molar-refractivity contribution in [2.24, 2.45) is 0 Å². The lowest BCUT2D eigenvalue weighted by atomic mass is 11.9. The lowest BCUT2D eigenvalue weighted by molar-refractivity contribution is -0.403. The highest BCUT2D eigenvalue weighted by atomic mass is 79.9. The summed E-state index contributed by atoms with van der Waals surface area (Å²) in [4.78, 5) is 0. The van der Waals surface area contributed by atoms with Crippen LogP contribution in [-0.4, -0.2) is 44.6 Å². The molecule has 0 aromatic carbocycles. The topological polar surface area (TPSA) is 133 Å². The Balaban J connectivity index is 5.17. The third-order valence-corrected chi connectivity index (χ3v) is 7.82. The molecule has 116 valence electrons. The van der Waals surface area contributed by atoms with E-state index in [1.54, 1.807) is 0 Å². The van der Waals surface area contributed by atoms with E-state index in [4.69, 9.17) is 0 Å². The van der Waals surface area contributed by atoms with E-state index < -0.39 is 49.7 Å². The summed E-state index contributed by atoms with van der Waals surface area (Å²) in [7, 11) is -13.0. The second kappa shape index (κ2) is 7.95. The third-order valence-electron chi connectivity index (χ3n) is 0.924. The zero-order valence-corrected chi connectivity index (χ0v) is 15.8. The van der Waals surface area contributed by atoms with Gasteiger partial charge in [-0.25, -0.2) is 0 Å². The minimum Gasteiger partial charge on any atom is -0.197 e. The van der Waals surface area contributed by atoms with Gasteiger partial charge in [-0.05, 0) is 0 Å². The number of rotatable bonds is 9. The summed E-state index contributed by atoms with van der Waals surface area (Å²) >= 11 is 7.57. The van der Waals surface area contributed by atoms with Crippen LogP contribution in [-0.2, 0) is 43.2 Å². The van der Waals surface area contributed by atoms with Crippen molar-refractivity contribution in [3.63, 3.8) is 0 Å². The first-order valence-corrected chi connectivity index (χ1v) is 11.8. The Labute approximate surface area is 135 Å². The van der Waals surface area contributed by atoms with Crippen LogP contribution in [0.5, 0.6) is 0 Å². The molecule has 0 aromatic heterocycles. The van der Waals surface area contributed by atoms with Crippen molar-refractivity contribution in [2.45, 2.75) is 0 Å². The van der Waals surface area contributed by atoms with Crippen molar-refractivity contribution < 1.29 is 38.1 Å². The summed E-state index contributed by atoms with van der Waals surface area (Å²) in [6, 6.07) is 0. The molecule has 10 nitrogen and oxygen atoms in total. The molecular weight excluding hydrogens is 530 g/mol. The lowest BCUT2D eigenvalue weighted by Crippen LogP contribution is -2.33. The number of hydrogen-bond donors (Lipinski definition) is 0. The first-order chi connectivity index (χ1) is 8.47. The van der Waals surface area contributed by atoms with Gasteiger partial charge in [0.1, 0.15) is 19.4 Å². The Morgan fingerprint density at radius 1 is 0.632 bits per heavy atom. The van der Waals surface area contributed by atoms with Crippen LogP contribution in [0.25, 0.3) is 0 Å². The van der Waals surface area contributed by atoms with Crippen LogP contribution in [0, 0.1) is 0 Å². The van der Waals surface area contributed by atoms with Crippen molar-refractivity contribution >= 4 is 78.1 Å². The fraction of sp³-hybridized carbons (Fsp3) is 1.00. The van der Waals surface area contributed by atoms with E-state index in [-0.39, 0.29) is 0 Å². The number of alkyl halides is 3. The Morgan fingerprint density at radius 3 is 1.00 bits per heavy atom. The van der Waals surface area contributed by atoms with Gasteiger partial charge in [0.2, 0.25) is 0 Å². The van der Waals surface area contributed by atoms with Crippen molar-refractivity contribution in [2.75, 3.05) is 14.0 Å². The molecule has 0 amide bonds. The minimum atomic E-state index is -4.35. The summed E-state index contributed by atoms with van der Waals surface area (Å²) in [5.74, 6) is 0. The van der Waals surface area contributed by atoms with E-state index >= 15 is 0 Å². The molecule has 0 unspecified atom stereocenters. The molecular formula is C3H6Br3NO9S3. The van der Waals surface area contributed by atoms with Crippen molar-refractivity contribution in [1.29, 1.82) is 0 Å². The van der Waals surface area contributed by atoms with Gasteiger partial charge in [0, 0.05) is 0 Å². The van der Waals surface area contributed by atoms with Gasteiger partial charge in [0.15, 0.2) is 0 Å². The fourth-order valence-corrected chi connectivity index (χ4v) is 2.10. The molecule has 0 heterocycles. The summed E-state index contributed by atoms with van der Waals surface area (Å²) < 4.78 is 76.1. The Morgan fingerprint density at radius 2 is 0.842 bits per heavy atom. The zero-order chi connectivity index (χ0) is 15.3. The van der Waals surface area contributed by atoms with Gasteiger partial charge < -0.3 is 0 Å². The predicted molar refractivity (Wildman–Crippen MR) is 73.2 cm³/mol. The van der Waals surface area contributed by atoms with Crippen LogP contribution in [0.15, 0.2) is 0 Å². The molecule has 0 spiro atoms. The van der Waals surface area contributed by atoms with E-state index in [2.05, 4.69) is 60.6 Å². The molecule has 0 atom stereocenters. The maximum Gasteiger partial charge on any atom is 0.297 e. The number of nitrogens with zero attached hydrogens (tertiary/aromatic N) is 1. The van der Waals surface area contributed by atoms with Crippen LogP contribution >= 0.6 is 47.8 Å². The molecule has 19 heavy (non-hydrogen) atoms. The molecule has 0 N–H and O–H groups in total. The van der Waals surface area contributed by atoms with Gasteiger partial charge >= 0.3 is 0 Å². The van der Waals surface area contributed by atoms with Gasteiger partial charge in [-0.2, -0.15) is 25.3 Å². The normalized spacial score (nSPS) is 13.9. The molecule has 0 radical (unpaired) electrons. The molecule has 0 fully saturated rings. The smallest absolute Gasteiger partial charge is 0.197 e. The standard InChI is InChI=1S/C3H6Br3NO9S3/c4-1-17(8,9)14-7(15-18(10,11)2-5)16-19(12,13)3-6/h1-3H2.